The number of carboxylic acid groups (broad SMARTS) is 1. The Morgan fingerprint density at radius 2 is 2.13 bits per heavy atom. The van der Waals surface area contributed by atoms with Gasteiger partial charge in [-0.2, -0.15) is 0 Å². The fraction of sp³-hybridized carbons (Fsp3) is 0.917. The molecule has 88 valence electrons. The van der Waals surface area contributed by atoms with Gasteiger partial charge in [-0.1, -0.05) is 13.8 Å². The van der Waals surface area contributed by atoms with E-state index in [1.807, 2.05) is 0 Å². The quantitative estimate of drug-likeness (QED) is 0.752. The topological polar surface area (TPSA) is 49.3 Å². The Labute approximate surface area is 92.3 Å². The van der Waals surface area contributed by atoms with E-state index in [0.29, 0.717) is 24.2 Å². The zero-order valence-corrected chi connectivity index (χ0v) is 9.83. The van der Waals surface area contributed by atoms with Gasteiger partial charge < -0.3 is 10.4 Å². The van der Waals surface area contributed by atoms with Crippen LogP contribution in [0.25, 0.3) is 0 Å². The van der Waals surface area contributed by atoms with E-state index in [1.54, 1.807) is 0 Å². The van der Waals surface area contributed by atoms with Crippen LogP contribution in [0.5, 0.6) is 0 Å². The van der Waals surface area contributed by atoms with Crippen molar-refractivity contribution < 1.29 is 9.90 Å². The van der Waals surface area contributed by atoms with Crippen molar-refractivity contribution >= 4 is 5.97 Å². The molecule has 0 aromatic heterocycles. The third-order valence-electron chi connectivity index (χ3n) is 3.49. The van der Waals surface area contributed by atoms with Crippen LogP contribution in [0, 0.1) is 17.8 Å². The molecule has 1 fully saturated rings. The molecule has 3 heteroatoms. The first-order chi connectivity index (χ1) is 7.11. The number of hydrogen-bond donors (Lipinski definition) is 2. The molecule has 15 heavy (non-hydrogen) atoms. The minimum Gasteiger partial charge on any atom is -0.481 e. The van der Waals surface area contributed by atoms with Gasteiger partial charge in [0, 0.05) is 6.42 Å². The lowest BCUT2D eigenvalue weighted by molar-refractivity contribution is -0.139. The minimum atomic E-state index is -0.647. The van der Waals surface area contributed by atoms with E-state index < -0.39 is 5.97 Å². The van der Waals surface area contributed by atoms with Crippen molar-refractivity contribution in [3.8, 4) is 0 Å². The molecular formula is C12H23NO2. The predicted molar refractivity (Wildman–Crippen MR) is 60.8 cm³/mol. The zero-order valence-electron chi connectivity index (χ0n) is 9.83. The Bertz CT molecular complexity index is 196. The second-order valence-corrected chi connectivity index (χ2v) is 4.95. The van der Waals surface area contributed by atoms with Gasteiger partial charge in [0.2, 0.25) is 0 Å². The third kappa shape index (κ3) is 4.20. The normalized spacial score (nSPS) is 24.9. The molecule has 0 spiro atoms. The Morgan fingerprint density at radius 1 is 1.40 bits per heavy atom. The van der Waals surface area contributed by atoms with Crippen LogP contribution in [-0.4, -0.2) is 24.2 Å². The van der Waals surface area contributed by atoms with Crippen LogP contribution in [0.1, 0.15) is 39.5 Å². The number of carbonyl (C=O) groups is 1. The van der Waals surface area contributed by atoms with Gasteiger partial charge in [-0.15, -0.1) is 0 Å². The molecule has 0 radical (unpaired) electrons. The summed E-state index contributed by atoms with van der Waals surface area (Å²) in [5.74, 6) is 0.772. The number of hydrogen-bond acceptors (Lipinski definition) is 2. The number of nitrogens with one attached hydrogen (secondary N) is 1. The van der Waals surface area contributed by atoms with Crippen molar-refractivity contribution in [1.29, 1.82) is 0 Å². The van der Waals surface area contributed by atoms with E-state index in [4.69, 9.17) is 5.11 Å². The summed E-state index contributed by atoms with van der Waals surface area (Å²) in [4.78, 5) is 10.8. The van der Waals surface area contributed by atoms with Crippen LogP contribution in [-0.2, 0) is 4.79 Å². The Hall–Kier alpha value is -0.570. The lowest BCUT2D eigenvalue weighted by Crippen LogP contribution is -2.24. The molecule has 0 amide bonds. The summed E-state index contributed by atoms with van der Waals surface area (Å²) in [6, 6.07) is 0. The van der Waals surface area contributed by atoms with Crippen LogP contribution < -0.4 is 5.32 Å². The Morgan fingerprint density at radius 3 is 2.73 bits per heavy atom. The molecule has 1 rings (SSSR count). The van der Waals surface area contributed by atoms with Crippen molar-refractivity contribution in [3.05, 3.63) is 0 Å². The van der Waals surface area contributed by atoms with Gasteiger partial charge in [-0.25, -0.2) is 0 Å². The van der Waals surface area contributed by atoms with Gasteiger partial charge >= 0.3 is 5.97 Å². The molecule has 2 unspecified atom stereocenters. The second-order valence-electron chi connectivity index (χ2n) is 4.95. The monoisotopic (exact) mass is 213 g/mol. The largest absolute Gasteiger partial charge is 0.481 e. The molecule has 0 bridgehead atoms. The lowest BCUT2D eigenvalue weighted by Gasteiger charge is -2.28. The first-order valence-electron chi connectivity index (χ1n) is 6.03. The molecule has 0 aliphatic carbocycles. The van der Waals surface area contributed by atoms with Crippen molar-refractivity contribution in [2.45, 2.75) is 39.5 Å². The third-order valence-corrected chi connectivity index (χ3v) is 3.49. The molecule has 1 aliphatic rings. The Balaban J connectivity index is 2.55. The van der Waals surface area contributed by atoms with Gasteiger partial charge in [-0.05, 0) is 50.1 Å². The predicted octanol–water partition coefficient (Wildman–Crippen LogP) is 2.12. The van der Waals surface area contributed by atoms with Gasteiger partial charge in [-0.3, -0.25) is 4.79 Å². The van der Waals surface area contributed by atoms with E-state index in [2.05, 4.69) is 19.2 Å². The van der Waals surface area contributed by atoms with E-state index in [-0.39, 0.29) is 0 Å². The first-order valence-corrected chi connectivity index (χ1v) is 6.03. The standard InChI is InChI=1S/C12H23NO2/c1-9(2)11(8-12(14)15)10-4-3-6-13-7-5-10/h9-11,13H,3-8H2,1-2H3,(H,14,15). The van der Waals surface area contributed by atoms with E-state index in [1.165, 1.54) is 12.8 Å². The number of aliphatic carboxylic acids is 1. The summed E-state index contributed by atoms with van der Waals surface area (Å²) >= 11 is 0. The summed E-state index contributed by atoms with van der Waals surface area (Å²) in [6.07, 6.45) is 3.84. The summed E-state index contributed by atoms with van der Waals surface area (Å²) in [5, 5.41) is 12.3. The first kappa shape index (κ1) is 12.5. The van der Waals surface area contributed by atoms with Crippen LogP contribution in [0.4, 0.5) is 0 Å². The number of carboxylic acids is 1. The molecule has 1 saturated heterocycles. The van der Waals surface area contributed by atoms with Crippen molar-refractivity contribution in [2.75, 3.05) is 13.1 Å². The second kappa shape index (κ2) is 6.11. The molecule has 2 atom stereocenters. The molecular weight excluding hydrogens is 190 g/mol. The van der Waals surface area contributed by atoms with Crippen molar-refractivity contribution in [3.63, 3.8) is 0 Å². The van der Waals surface area contributed by atoms with Crippen LogP contribution in [0.15, 0.2) is 0 Å². The molecule has 1 heterocycles. The fourth-order valence-corrected chi connectivity index (χ4v) is 2.62. The van der Waals surface area contributed by atoms with Gasteiger partial charge in [0.1, 0.15) is 0 Å². The highest BCUT2D eigenvalue weighted by Gasteiger charge is 2.27. The maximum absolute atomic E-state index is 10.8. The molecule has 1 aliphatic heterocycles. The smallest absolute Gasteiger partial charge is 0.303 e. The molecule has 2 N–H and O–H groups in total. The highest BCUT2D eigenvalue weighted by atomic mass is 16.4. The van der Waals surface area contributed by atoms with Gasteiger partial charge in [0.05, 0.1) is 0 Å². The SMILES string of the molecule is CC(C)C(CC(=O)O)C1CCCNCC1. The molecule has 0 saturated carbocycles. The summed E-state index contributed by atoms with van der Waals surface area (Å²) in [5.41, 5.74) is 0. The summed E-state index contributed by atoms with van der Waals surface area (Å²) < 4.78 is 0. The van der Waals surface area contributed by atoms with Crippen LogP contribution in [0.2, 0.25) is 0 Å². The van der Waals surface area contributed by atoms with Crippen molar-refractivity contribution in [2.24, 2.45) is 17.8 Å². The summed E-state index contributed by atoms with van der Waals surface area (Å²) in [6.45, 7) is 6.43. The molecule has 0 aromatic rings. The summed E-state index contributed by atoms with van der Waals surface area (Å²) in [7, 11) is 0. The van der Waals surface area contributed by atoms with Gasteiger partial charge in [0.15, 0.2) is 0 Å². The maximum Gasteiger partial charge on any atom is 0.303 e. The fourth-order valence-electron chi connectivity index (χ4n) is 2.62. The molecule has 0 aromatic carbocycles. The van der Waals surface area contributed by atoms with Crippen molar-refractivity contribution in [1.82, 2.24) is 5.32 Å². The zero-order chi connectivity index (χ0) is 11.3. The maximum atomic E-state index is 10.8. The average Bonchev–Trinajstić information content (AvgIpc) is 2.41. The molecule has 3 nitrogen and oxygen atoms in total. The minimum absolute atomic E-state index is 0.336. The van der Waals surface area contributed by atoms with E-state index in [0.717, 1.165) is 19.5 Å². The highest BCUT2D eigenvalue weighted by molar-refractivity contribution is 5.67. The average molecular weight is 213 g/mol. The highest BCUT2D eigenvalue weighted by Crippen LogP contribution is 2.31. The van der Waals surface area contributed by atoms with Gasteiger partial charge in [0.25, 0.3) is 0 Å². The van der Waals surface area contributed by atoms with E-state index in [9.17, 15) is 4.79 Å². The Kier molecular flexibility index (Phi) is 5.09. The number of rotatable bonds is 4. The van der Waals surface area contributed by atoms with Crippen LogP contribution >= 0.6 is 0 Å². The lowest BCUT2D eigenvalue weighted by atomic mass is 9.77. The van der Waals surface area contributed by atoms with Crippen LogP contribution in [0.3, 0.4) is 0 Å². The van der Waals surface area contributed by atoms with E-state index >= 15 is 0 Å².